The number of aromatic amines is 1. The second kappa shape index (κ2) is 5.56. The van der Waals surface area contributed by atoms with Gasteiger partial charge < -0.3 is 4.90 Å². The summed E-state index contributed by atoms with van der Waals surface area (Å²) in [7, 11) is 1.99. The molecule has 0 fully saturated rings. The van der Waals surface area contributed by atoms with Crippen molar-refractivity contribution in [2.24, 2.45) is 0 Å². The molecule has 0 radical (unpaired) electrons. The molecule has 0 unspecified atom stereocenters. The number of nitrogens with one attached hydrogen (secondary N) is 1. The Bertz CT molecular complexity index is 784. The molecule has 0 saturated carbocycles. The van der Waals surface area contributed by atoms with Gasteiger partial charge >= 0.3 is 0 Å². The van der Waals surface area contributed by atoms with Crippen LogP contribution in [0.5, 0.6) is 0 Å². The van der Waals surface area contributed by atoms with Gasteiger partial charge in [0.2, 0.25) is 0 Å². The molecule has 1 atom stereocenters. The molecular formula is C14H21N9. The number of anilines is 1. The van der Waals surface area contributed by atoms with Crippen LogP contribution in [0.4, 0.5) is 5.82 Å². The third-order valence-electron chi connectivity index (χ3n) is 3.69. The van der Waals surface area contributed by atoms with Crippen LogP contribution in [0.15, 0.2) is 12.5 Å². The minimum absolute atomic E-state index is 0.126. The summed E-state index contributed by atoms with van der Waals surface area (Å²) < 4.78 is 1.92. The molecule has 0 aliphatic carbocycles. The van der Waals surface area contributed by atoms with Gasteiger partial charge in [-0.05, 0) is 20.8 Å². The Morgan fingerprint density at radius 1 is 1.30 bits per heavy atom. The highest BCUT2D eigenvalue weighted by Gasteiger charge is 2.21. The van der Waals surface area contributed by atoms with Gasteiger partial charge in [-0.25, -0.2) is 14.6 Å². The first kappa shape index (κ1) is 15.3. The quantitative estimate of drug-likeness (QED) is 0.775. The van der Waals surface area contributed by atoms with E-state index in [4.69, 9.17) is 0 Å². The number of likely N-dealkylation sites (N-methyl/N-ethyl adjacent to an activating group) is 1. The van der Waals surface area contributed by atoms with E-state index in [1.165, 1.54) is 0 Å². The Kier molecular flexibility index (Phi) is 3.70. The summed E-state index contributed by atoms with van der Waals surface area (Å²) >= 11 is 0. The van der Waals surface area contributed by atoms with Crippen LogP contribution in [0.2, 0.25) is 0 Å². The average Bonchev–Trinajstić information content (AvgIpc) is 3.15. The summed E-state index contributed by atoms with van der Waals surface area (Å²) in [6, 6.07) is 0. The topological polar surface area (TPSA) is 101 Å². The number of aromatic nitrogens is 8. The molecule has 0 aliphatic heterocycles. The third-order valence-corrected chi connectivity index (χ3v) is 3.69. The van der Waals surface area contributed by atoms with Gasteiger partial charge in [0, 0.05) is 19.5 Å². The van der Waals surface area contributed by atoms with Gasteiger partial charge in [0.25, 0.3) is 0 Å². The fourth-order valence-corrected chi connectivity index (χ4v) is 2.58. The molecule has 0 aliphatic rings. The molecule has 3 aromatic rings. The lowest BCUT2D eigenvalue weighted by molar-refractivity contribution is 0.366. The fraction of sp³-hybridized carbons (Fsp3) is 0.571. The van der Waals surface area contributed by atoms with Crippen LogP contribution in [0.3, 0.4) is 0 Å². The highest BCUT2D eigenvalue weighted by molar-refractivity contribution is 5.86. The molecule has 0 amide bonds. The van der Waals surface area contributed by atoms with Crippen molar-refractivity contribution in [3.8, 4) is 0 Å². The Balaban J connectivity index is 1.92. The van der Waals surface area contributed by atoms with Crippen molar-refractivity contribution in [2.45, 2.75) is 39.2 Å². The molecule has 0 saturated heterocycles. The van der Waals surface area contributed by atoms with Crippen LogP contribution in [-0.4, -0.2) is 54.0 Å². The van der Waals surface area contributed by atoms with E-state index in [1.807, 2.05) is 17.9 Å². The molecule has 0 aromatic carbocycles. The van der Waals surface area contributed by atoms with Crippen LogP contribution in [0.25, 0.3) is 11.0 Å². The molecule has 1 N–H and O–H groups in total. The van der Waals surface area contributed by atoms with Crippen molar-refractivity contribution < 1.29 is 0 Å². The van der Waals surface area contributed by atoms with Gasteiger partial charge in [-0.15, -0.1) is 10.2 Å². The average molecular weight is 315 g/mol. The van der Waals surface area contributed by atoms with Gasteiger partial charge in [-0.2, -0.15) is 10.3 Å². The zero-order chi connectivity index (χ0) is 16.6. The number of fused-ring (bicyclic) bond motifs is 1. The van der Waals surface area contributed by atoms with Crippen LogP contribution < -0.4 is 4.90 Å². The summed E-state index contributed by atoms with van der Waals surface area (Å²) in [5.41, 5.74) is 0.700. The molecule has 9 heteroatoms. The van der Waals surface area contributed by atoms with Gasteiger partial charge in [0.15, 0.2) is 11.5 Å². The molecular weight excluding hydrogens is 294 g/mol. The maximum atomic E-state index is 4.49. The Hall–Kier alpha value is -2.58. The third kappa shape index (κ3) is 2.86. The van der Waals surface area contributed by atoms with Crippen molar-refractivity contribution in [1.82, 2.24) is 40.4 Å². The normalized spacial score (nSPS) is 13.4. The van der Waals surface area contributed by atoms with E-state index in [-0.39, 0.29) is 11.5 Å². The van der Waals surface area contributed by atoms with Crippen molar-refractivity contribution >= 4 is 16.9 Å². The first-order valence-electron chi connectivity index (χ1n) is 7.51. The van der Waals surface area contributed by atoms with E-state index >= 15 is 0 Å². The van der Waals surface area contributed by atoms with Crippen molar-refractivity contribution in [3.05, 3.63) is 18.3 Å². The molecule has 23 heavy (non-hydrogen) atoms. The second-order valence-corrected chi connectivity index (χ2v) is 6.71. The van der Waals surface area contributed by atoms with E-state index in [9.17, 15) is 0 Å². The van der Waals surface area contributed by atoms with Crippen LogP contribution in [0, 0.1) is 0 Å². The number of hydrogen-bond acceptors (Lipinski definition) is 7. The van der Waals surface area contributed by atoms with Crippen molar-refractivity contribution in [1.29, 1.82) is 0 Å². The highest BCUT2D eigenvalue weighted by atomic mass is 15.5. The number of H-pyrrole nitrogens is 1. The molecule has 0 spiro atoms. The molecule has 3 rings (SSSR count). The van der Waals surface area contributed by atoms with Gasteiger partial charge in [-0.3, -0.25) is 0 Å². The maximum Gasteiger partial charge on any atom is 0.179 e. The molecule has 9 nitrogen and oxygen atoms in total. The number of nitrogens with zero attached hydrogens (tertiary/aromatic N) is 8. The largest absolute Gasteiger partial charge is 0.358 e. The van der Waals surface area contributed by atoms with E-state index in [0.717, 1.165) is 16.9 Å². The Labute approximate surface area is 134 Å². The molecule has 3 heterocycles. The number of rotatable bonds is 4. The van der Waals surface area contributed by atoms with Gasteiger partial charge in [-0.1, -0.05) is 12.1 Å². The predicted molar refractivity (Wildman–Crippen MR) is 86.2 cm³/mol. The maximum absolute atomic E-state index is 4.49. The second-order valence-electron chi connectivity index (χ2n) is 6.71. The minimum Gasteiger partial charge on any atom is -0.358 e. The van der Waals surface area contributed by atoms with E-state index < -0.39 is 0 Å². The lowest BCUT2D eigenvalue weighted by atomic mass is 10.1. The predicted octanol–water partition coefficient (Wildman–Crippen LogP) is 1.33. The first-order chi connectivity index (χ1) is 10.9. The fourth-order valence-electron chi connectivity index (χ4n) is 2.58. The van der Waals surface area contributed by atoms with Gasteiger partial charge in [0.05, 0.1) is 17.1 Å². The minimum atomic E-state index is -0.135. The summed E-state index contributed by atoms with van der Waals surface area (Å²) in [4.78, 5) is 10.9. The van der Waals surface area contributed by atoms with E-state index in [0.29, 0.717) is 12.4 Å². The van der Waals surface area contributed by atoms with Crippen molar-refractivity contribution in [3.63, 3.8) is 0 Å². The molecule has 3 aromatic heterocycles. The summed E-state index contributed by atoms with van der Waals surface area (Å²) in [5.74, 6) is 1.66. The van der Waals surface area contributed by atoms with Crippen LogP contribution in [0.1, 0.15) is 39.4 Å². The summed E-state index contributed by atoms with van der Waals surface area (Å²) in [6.45, 7) is 9.07. The first-order valence-corrected chi connectivity index (χ1v) is 7.51. The smallest absolute Gasteiger partial charge is 0.179 e. The SMILES string of the molecule is C[C@@H](CN(C)c1ncnc2c1cnn2C(C)(C)C)c1nn[nH]n1. The number of hydrogen-bond donors (Lipinski definition) is 1. The Morgan fingerprint density at radius 3 is 2.74 bits per heavy atom. The highest BCUT2D eigenvalue weighted by Crippen LogP contribution is 2.26. The van der Waals surface area contributed by atoms with E-state index in [2.05, 4.69) is 68.3 Å². The monoisotopic (exact) mass is 315 g/mol. The lowest BCUT2D eigenvalue weighted by Crippen LogP contribution is -2.25. The molecule has 122 valence electrons. The molecule has 0 bridgehead atoms. The Morgan fingerprint density at radius 2 is 2.09 bits per heavy atom. The summed E-state index contributed by atoms with van der Waals surface area (Å²) in [6.07, 6.45) is 3.41. The lowest BCUT2D eigenvalue weighted by Gasteiger charge is -2.22. The van der Waals surface area contributed by atoms with Crippen molar-refractivity contribution in [2.75, 3.05) is 18.5 Å². The van der Waals surface area contributed by atoms with Crippen LogP contribution in [-0.2, 0) is 5.54 Å². The standard InChI is InChI=1S/C14H21N9/c1-9(11-18-20-21-19-11)7-22(5)12-10-6-17-23(14(2,3)4)13(10)16-8-15-12/h6,8-9H,7H2,1-5H3,(H,18,19,20,21)/t9-/m0/s1. The van der Waals surface area contributed by atoms with E-state index in [1.54, 1.807) is 6.33 Å². The van der Waals surface area contributed by atoms with Gasteiger partial charge in [0.1, 0.15) is 12.1 Å². The summed E-state index contributed by atoms with van der Waals surface area (Å²) in [5, 5.41) is 19.6. The van der Waals surface area contributed by atoms with Crippen LogP contribution >= 0.6 is 0 Å². The number of tetrazole rings is 1. The zero-order valence-corrected chi connectivity index (χ0v) is 14.0. The zero-order valence-electron chi connectivity index (χ0n) is 14.0.